The van der Waals surface area contributed by atoms with E-state index in [0.717, 1.165) is 88.7 Å². The van der Waals surface area contributed by atoms with Gasteiger partial charge in [0.1, 0.15) is 0 Å². The summed E-state index contributed by atoms with van der Waals surface area (Å²) in [6, 6.07) is 67.3. The summed E-state index contributed by atoms with van der Waals surface area (Å²) in [5.74, 6) is 0.679. The van der Waals surface area contributed by atoms with E-state index in [1.54, 1.807) is 0 Å². The molecule has 0 aliphatic carbocycles. The molecule has 0 N–H and O–H groups in total. The van der Waals surface area contributed by atoms with Gasteiger partial charge in [0.05, 0.1) is 33.8 Å². The zero-order valence-electron chi connectivity index (χ0n) is 29.3. The summed E-state index contributed by atoms with van der Waals surface area (Å²) in [6.07, 6.45) is 0. The van der Waals surface area contributed by atoms with Crippen molar-refractivity contribution in [3.8, 4) is 67.5 Å². The van der Waals surface area contributed by atoms with Gasteiger partial charge in [0.15, 0.2) is 5.82 Å². The van der Waals surface area contributed by atoms with Crippen LogP contribution in [-0.2, 0) is 0 Å². The van der Waals surface area contributed by atoms with Crippen molar-refractivity contribution in [2.75, 3.05) is 0 Å². The Morgan fingerprint density at radius 1 is 0.259 bits per heavy atom. The average molecular weight is 689 g/mol. The van der Waals surface area contributed by atoms with Gasteiger partial charge in [-0.1, -0.05) is 158 Å². The normalized spacial score (nSPS) is 11.3. The van der Waals surface area contributed by atoms with Crippen LogP contribution in [0, 0.1) is 0 Å². The maximum absolute atomic E-state index is 5.43. The van der Waals surface area contributed by atoms with Crippen molar-refractivity contribution in [2.45, 2.75) is 0 Å². The van der Waals surface area contributed by atoms with Crippen molar-refractivity contribution in [1.82, 2.24) is 19.9 Å². The van der Waals surface area contributed by atoms with Gasteiger partial charge < -0.3 is 0 Å². The molecule has 0 atom stereocenters. The van der Waals surface area contributed by atoms with Gasteiger partial charge in [-0.25, -0.2) is 19.9 Å². The summed E-state index contributed by atoms with van der Waals surface area (Å²) in [4.78, 5) is 20.8. The standard InChI is InChI=1S/C50H32N4/c1-5-14-33(15-6-1)37-22-13-23-38(30-37)45-32-46(54-50(53-45)36-20-11-4-12-21-36)39-24-25-40-41-26-29-44-42(27-28-43(51-44)34-16-7-2-8-17-34)48(41)49(52-47(40)31-39)35-18-9-3-10-19-35/h1-32H. The lowest BCUT2D eigenvalue weighted by atomic mass is 9.95. The van der Waals surface area contributed by atoms with Crippen LogP contribution in [0.1, 0.15) is 0 Å². The van der Waals surface area contributed by atoms with E-state index in [-0.39, 0.29) is 0 Å². The summed E-state index contributed by atoms with van der Waals surface area (Å²) >= 11 is 0. The van der Waals surface area contributed by atoms with Gasteiger partial charge in [-0.05, 0) is 52.9 Å². The van der Waals surface area contributed by atoms with Crippen LogP contribution < -0.4 is 0 Å². The molecular formula is C50H32N4. The van der Waals surface area contributed by atoms with E-state index in [2.05, 4.69) is 146 Å². The van der Waals surface area contributed by atoms with E-state index < -0.39 is 0 Å². The number of benzene rings is 7. The molecule has 10 rings (SSSR count). The predicted octanol–water partition coefficient (Wildman–Crippen LogP) is 12.7. The van der Waals surface area contributed by atoms with Crippen LogP contribution in [-0.4, -0.2) is 19.9 Å². The number of nitrogens with zero attached hydrogens (tertiary/aromatic N) is 4. The molecule has 0 aliphatic rings. The quantitative estimate of drug-likeness (QED) is 0.163. The van der Waals surface area contributed by atoms with Crippen molar-refractivity contribution >= 4 is 32.6 Å². The van der Waals surface area contributed by atoms with Crippen LogP contribution in [0.5, 0.6) is 0 Å². The lowest BCUT2D eigenvalue weighted by Crippen LogP contribution is -1.97. The smallest absolute Gasteiger partial charge is 0.160 e. The number of aromatic nitrogens is 4. The highest BCUT2D eigenvalue weighted by molar-refractivity contribution is 6.21. The summed E-state index contributed by atoms with van der Waals surface area (Å²) in [5.41, 5.74) is 12.9. The molecule has 0 saturated carbocycles. The SMILES string of the molecule is c1ccc(-c2cccc(-c3cc(-c4ccc5c(c4)nc(-c4ccccc4)c4c6ccc(-c7ccccc7)nc6ccc54)nc(-c4ccccc4)n3)c2)cc1. The Labute approximate surface area is 313 Å². The number of fused-ring (bicyclic) bond motifs is 5. The van der Waals surface area contributed by atoms with Gasteiger partial charge >= 0.3 is 0 Å². The lowest BCUT2D eigenvalue weighted by molar-refractivity contribution is 1.18. The Morgan fingerprint density at radius 2 is 0.815 bits per heavy atom. The Morgan fingerprint density at radius 3 is 1.52 bits per heavy atom. The molecule has 0 saturated heterocycles. The Hall–Kier alpha value is -7.30. The topological polar surface area (TPSA) is 51.6 Å². The largest absolute Gasteiger partial charge is 0.248 e. The molecule has 10 aromatic rings. The summed E-state index contributed by atoms with van der Waals surface area (Å²) < 4.78 is 0. The van der Waals surface area contributed by atoms with Gasteiger partial charge in [-0.3, -0.25) is 0 Å². The molecule has 0 bridgehead atoms. The molecule has 0 spiro atoms. The number of rotatable bonds is 6. The minimum atomic E-state index is 0.679. The minimum absolute atomic E-state index is 0.679. The van der Waals surface area contributed by atoms with E-state index >= 15 is 0 Å². The summed E-state index contributed by atoms with van der Waals surface area (Å²) in [7, 11) is 0. The molecule has 3 heterocycles. The fourth-order valence-electron chi connectivity index (χ4n) is 7.39. The lowest BCUT2D eigenvalue weighted by Gasteiger charge is -2.15. The first-order chi connectivity index (χ1) is 26.7. The number of hydrogen-bond acceptors (Lipinski definition) is 4. The van der Waals surface area contributed by atoms with Crippen molar-refractivity contribution < 1.29 is 0 Å². The first-order valence-electron chi connectivity index (χ1n) is 18.1. The minimum Gasteiger partial charge on any atom is -0.248 e. The number of pyridine rings is 2. The maximum Gasteiger partial charge on any atom is 0.160 e. The third-order valence-corrected chi connectivity index (χ3v) is 10.1. The molecule has 0 aliphatic heterocycles. The molecule has 0 amide bonds. The van der Waals surface area contributed by atoms with Gasteiger partial charge in [0, 0.05) is 44.0 Å². The highest BCUT2D eigenvalue weighted by atomic mass is 14.9. The van der Waals surface area contributed by atoms with E-state index in [1.165, 1.54) is 5.56 Å². The van der Waals surface area contributed by atoms with E-state index in [0.29, 0.717) is 5.82 Å². The van der Waals surface area contributed by atoms with E-state index in [9.17, 15) is 0 Å². The predicted molar refractivity (Wildman–Crippen MR) is 223 cm³/mol. The van der Waals surface area contributed by atoms with Crippen molar-refractivity contribution in [3.63, 3.8) is 0 Å². The van der Waals surface area contributed by atoms with Crippen LogP contribution in [0.4, 0.5) is 0 Å². The van der Waals surface area contributed by atoms with Crippen molar-refractivity contribution in [1.29, 1.82) is 0 Å². The molecular weight excluding hydrogens is 657 g/mol. The Balaban J connectivity index is 1.16. The van der Waals surface area contributed by atoms with Gasteiger partial charge in [-0.2, -0.15) is 0 Å². The van der Waals surface area contributed by atoms with Crippen molar-refractivity contribution in [3.05, 3.63) is 194 Å². The summed E-state index contributed by atoms with van der Waals surface area (Å²) in [6.45, 7) is 0. The Bertz CT molecular complexity index is 2960. The van der Waals surface area contributed by atoms with Crippen LogP contribution >= 0.6 is 0 Å². The third-order valence-electron chi connectivity index (χ3n) is 10.1. The van der Waals surface area contributed by atoms with Gasteiger partial charge in [-0.15, -0.1) is 0 Å². The second kappa shape index (κ2) is 13.4. The monoisotopic (exact) mass is 688 g/mol. The summed E-state index contributed by atoms with van der Waals surface area (Å²) in [5, 5.41) is 4.39. The van der Waals surface area contributed by atoms with Crippen LogP contribution in [0.3, 0.4) is 0 Å². The fraction of sp³-hybridized carbons (Fsp3) is 0. The molecule has 252 valence electrons. The first kappa shape index (κ1) is 31.4. The Kier molecular flexibility index (Phi) is 7.77. The maximum atomic E-state index is 5.43. The number of hydrogen-bond donors (Lipinski definition) is 0. The van der Waals surface area contributed by atoms with Crippen LogP contribution in [0.15, 0.2) is 194 Å². The van der Waals surface area contributed by atoms with Crippen LogP contribution in [0.25, 0.3) is 100 Å². The van der Waals surface area contributed by atoms with Crippen molar-refractivity contribution in [2.24, 2.45) is 0 Å². The second-order valence-corrected chi connectivity index (χ2v) is 13.5. The highest BCUT2D eigenvalue weighted by Gasteiger charge is 2.17. The zero-order chi connectivity index (χ0) is 35.8. The zero-order valence-corrected chi connectivity index (χ0v) is 29.3. The van der Waals surface area contributed by atoms with Gasteiger partial charge in [0.2, 0.25) is 0 Å². The molecule has 0 radical (unpaired) electrons. The third kappa shape index (κ3) is 5.76. The van der Waals surface area contributed by atoms with Crippen LogP contribution in [0.2, 0.25) is 0 Å². The molecule has 54 heavy (non-hydrogen) atoms. The average Bonchev–Trinajstić information content (AvgIpc) is 3.26. The highest BCUT2D eigenvalue weighted by Crippen LogP contribution is 2.39. The molecule has 4 nitrogen and oxygen atoms in total. The molecule has 0 fully saturated rings. The van der Waals surface area contributed by atoms with E-state index in [4.69, 9.17) is 19.9 Å². The van der Waals surface area contributed by atoms with Gasteiger partial charge in [0.25, 0.3) is 0 Å². The fourth-order valence-corrected chi connectivity index (χ4v) is 7.39. The molecule has 0 unspecified atom stereocenters. The molecule has 7 aromatic carbocycles. The molecule has 4 heteroatoms. The first-order valence-corrected chi connectivity index (χ1v) is 18.1. The van der Waals surface area contributed by atoms with E-state index in [1.807, 2.05) is 48.5 Å². The second-order valence-electron chi connectivity index (χ2n) is 13.5. The molecule has 3 aromatic heterocycles.